The summed E-state index contributed by atoms with van der Waals surface area (Å²) < 4.78 is 11.0. The van der Waals surface area contributed by atoms with Gasteiger partial charge in [-0.05, 0) is 33.8 Å². The highest BCUT2D eigenvalue weighted by Crippen LogP contribution is 2.21. The van der Waals surface area contributed by atoms with Crippen molar-refractivity contribution in [1.82, 2.24) is 9.88 Å². The van der Waals surface area contributed by atoms with Crippen molar-refractivity contribution in [2.45, 2.75) is 39.4 Å². The van der Waals surface area contributed by atoms with E-state index in [1.807, 2.05) is 39.8 Å². The molecule has 1 aromatic rings. The fourth-order valence-electron chi connectivity index (χ4n) is 1.74. The number of amides is 1. The Morgan fingerprint density at radius 3 is 2.68 bits per heavy atom. The maximum atomic E-state index is 11.7. The topological polar surface area (TPSA) is 51.7 Å². The molecule has 5 heteroatoms. The van der Waals surface area contributed by atoms with Gasteiger partial charge in [0.2, 0.25) is 5.88 Å². The Hall–Kier alpha value is -1.78. The monoisotopic (exact) mass is 264 g/mol. The van der Waals surface area contributed by atoms with E-state index in [1.54, 1.807) is 11.1 Å². The predicted molar refractivity (Wildman–Crippen MR) is 71.2 cm³/mol. The van der Waals surface area contributed by atoms with Gasteiger partial charge in [-0.15, -0.1) is 0 Å². The van der Waals surface area contributed by atoms with Crippen LogP contribution in [-0.4, -0.2) is 40.8 Å². The van der Waals surface area contributed by atoms with E-state index in [-0.39, 0.29) is 12.2 Å². The molecule has 1 amide bonds. The van der Waals surface area contributed by atoms with Crippen molar-refractivity contribution in [2.75, 3.05) is 13.1 Å². The summed E-state index contributed by atoms with van der Waals surface area (Å²) >= 11 is 0. The Balaban J connectivity index is 1.81. The van der Waals surface area contributed by atoms with Crippen LogP contribution in [0.25, 0.3) is 0 Å². The van der Waals surface area contributed by atoms with Gasteiger partial charge in [0.1, 0.15) is 11.7 Å². The third-order valence-electron chi connectivity index (χ3n) is 2.74. The Bertz CT molecular complexity index is 462. The normalized spacial score (nSPS) is 15.9. The van der Waals surface area contributed by atoms with Gasteiger partial charge in [-0.25, -0.2) is 9.78 Å². The van der Waals surface area contributed by atoms with Gasteiger partial charge in [0.15, 0.2) is 0 Å². The molecule has 2 rings (SSSR count). The van der Waals surface area contributed by atoms with E-state index in [0.717, 1.165) is 5.56 Å². The van der Waals surface area contributed by atoms with E-state index >= 15 is 0 Å². The number of aromatic nitrogens is 1. The molecule has 0 radical (unpaired) electrons. The number of hydrogen-bond acceptors (Lipinski definition) is 4. The largest absolute Gasteiger partial charge is 0.470 e. The predicted octanol–water partition coefficient (Wildman–Crippen LogP) is 2.39. The molecule has 1 aromatic heterocycles. The Kier molecular flexibility index (Phi) is 3.64. The lowest BCUT2D eigenvalue weighted by Crippen LogP contribution is -2.57. The molecule has 0 unspecified atom stereocenters. The average molecular weight is 264 g/mol. The first-order chi connectivity index (χ1) is 8.85. The summed E-state index contributed by atoms with van der Waals surface area (Å²) in [5.74, 6) is 0.635. The second-order valence-corrected chi connectivity index (χ2v) is 5.75. The summed E-state index contributed by atoms with van der Waals surface area (Å²) in [4.78, 5) is 17.5. The highest BCUT2D eigenvalue weighted by Gasteiger charge is 2.35. The standard InChI is InChI=1S/C14H20N2O3/c1-10-6-5-7-15-12(10)18-11-8-16(9-11)13(17)19-14(2,3)4/h5-7,11H,8-9H2,1-4H3. The molecule has 0 spiro atoms. The number of hydrogen-bond donors (Lipinski definition) is 0. The second kappa shape index (κ2) is 5.07. The van der Waals surface area contributed by atoms with Crippen molar-refractivity contribution < 1.29 is 14.3 Å². The number of nitrogens with zero attached hydrogens (tertiary/aromatic N) is 2. The lowest BCUT2D eigenvalue weighted by molar-refractivity contribution is -0.0233. The Labute approximate surface area is 113 Å². The van der Waals surface area contributed by atoms with Crippen LogP contribution in [0.4, 0.5) is 4.79 Å². The molecule has 1 aliphatic rings. The van der Waals surface area contributed by atoms with Gasteiger partial charge in [-0.2, -0.15) is 0 Å². The first kappa shape index (κ1) is 13.6. The zero-order valence-electron chi connectivity index (χ0n) is 11.8. The summed E-state index contributed by atoms with van der Waals surface area (Å²) in [5.41, 5.74) is 0.541. The molecule has 5 nitrogen and oxygen atoms in total. The van der Waals surface area contributed by atoms with Crippen LogP contribution in [0.3, 0.4) is 0 Å². The minimum absolute atomic E-state index is 0.00104. The first-order valence-electron chi connectivity index (χ1n) is 6.41. The molecule has 2 heterocycles. The molecule has 0 saturated carbocycles. The van der Waals surface area contributed by atoms with E-state index < -0.39 is 5.60 Å². The van der Waals surface area contributed by atoms with Crippen molar-refractivity contribution in [3.63, 3.8) is 0 Å². The molecule has 104 valence electrons. The van der Waals surface area contributed by atoms with E-state index in [2.05, 4.69) is 4.98 Å². The van der Waals surface area contributed by atoms with Gasteiger partial charge in [0, 0.05) is 11.8 Å². The van der Waals surface area contributed by atoms with Crippen LogP contribution < -0.4 is 4.74 Å². The van der Waals surface area contributed by atoms with Crippen LogP contribution in [0.15, 0.2) is 18.3 Å². The van der Waals surface area contributed by atoms with Crippen molar-refractivity contribution in [2.24, 2.45) is 0 Å². The maximum Gasteiger partial charge on any atom is 0.410 e. The van der Waals surface area contributed by atoms with Crippen LogP contribution in [0.2, 0.25) is 0 Å². The molecule has 1 fully saturated rings. The Morgan fingerprint density at radius 1 is 1.42 bits per heavy atom. The number of carbonyl (C=O) groups excluding carboxylic acids is 1. The number of rotatable bonds is 2. The third kappa shape index (κ3) is 3.59. The zero-order chi connectivity index (χ0) is 14.0. The van der Waals surface area contributed by atoms with E-state index in [1.165, 1.54) is 0 Å². The van der Waals surface area contributed by atoms with Gasteiger partial charge in [0.05, 0.1) is 13.1 Å². The Morgan fingerprint density at radius 2 is 2.11 bits per heavy atom. The van der Waals surface area contributed by atoms with Crippen molar-refractivity contribution in [3.05, 3.63) is 23.9 Å². The highest BCUT2D eigenvalue weighted by atomic mass is 16.6. The van der Waals surface area contributed by atoms with Crippen LogP contribution >= 0.6 is 0 Å². The molecule has 0 N–H and O–H groups in total. The fourth-order valence-corrected chi connectivity index (χ4v) is 1.74. The van der Waals surface area contributed by atoms with Crippen LogP contribution in [0.5, 0.6) is 5.88 Å². The zero-order valence-corrected chi connectivity index (χ0v) is 11.8. The van der Waals surface area contributed by atoms with Crippen LogP contribution in [0, 0.1) is 6.92 Å². The van der Waals surface area contributed by atoms with E-state index in [4.69, 9.17) is 9.47 Å². The molecular formula is C14H20N2O3. The van der Waals surface area contributed by atoms with Gasteiger partial charge in [-0.3, -0.25) is 0 Å². The van der Waals surface area contributed by atoms with Crippen LogP contribution in [0.1, 0.15) is 26.3 Å². The molecule has 19 heavy (non-hydrogen) atoms. The molecular weight excluding hydrogens is 244 g/mol. The summed E-state index contributed by atoms with van der Waals surface area (Å²) in [6, 6.07) is 3.82. The number of pyridine rings is 1. The van der Waals surface area contributed by atoms with Crippen molar-refractivity contribution >= 4 is 6.09 Å². The summed E-state index contributed by atoms with van der Waals surface area (Å²) in [5, 5.41) is 0. The number of aryl methyl sites for hydroxylation is 1. The minimum Gasteiger partial charge on any atom is -0.470 e. The van der Waals surface area contributed by atoms with Gasteiger partial charge in [-0.1, -0.05) is 6.07 Å². The van der Waals surface area contributed by atoms with Gasteiger partial charge in [0.25, 0.3) is 0 Å². The molecule has 0 atom stereocenters. The smallest absolute Gasteiger partial charge is 0.410 e. The van der Waals surface area contributed by atoms with Crippen molar-refractivity contribution in [1.29, 1.82) is 0 Å². The molecule has 0 aromatic carbocycles. The van der Waals surface area contributed by atoms with Gasteiger partial charge >= 0.3 is 6.09 Å². The maximum absolute atomic E-state index is 11.7. The third-order valence-corrected chi connectivity index (χ3v) is 2.74. The number of likely N-dealkylation sites (tertiary alicyclic amines) is 1. The lowest BCUT2D eigenvalue weighted by atomic mass is 10.1. The summed E-state index contributed by atoms with van der Waals surface area (Å²) in [6.45, 7) is 8.62. The fraction of sp³-hybridized carbons (Fsp3) is 0.571. The van der Waals surface area contributed by atoms with Gasteiger partial charge < -0.3 is 14.4 Å². The van der Waals surface area contributed by atoms with E-state index in [0.29, 0.717) is 19.0 Å². The SMILES string of the molecule is Cc1cccnc1OC1CN(C(=O)OC(C)(C)C)C1. The summed E-state index contributed by atoms with van der Waals surface area (Å²) in [7, 11) is 0. The molecule has 1 saturated heterocycles. The molecule has 0 aliphatic carbocycles. The van der Waals surface area contributed by atoms with Crippen LogP contribution in [-0.2, 0) is 4.74 Å². The average Bonchev–Trinajstić information content (AvgIpc) is 2.22. The molecule has 0 bridgehead atoms. The number of ether oxygens (including phenoxy) is 2. The quantitative estimate of drug-likeness (QED) is 0.823. The first-order valence-corrected chi connectivity index (χ1v) is 6.41. The summed E-state index contributed by atoms with van der Waals surface area (Å²) in [6.07, 6.45) is 1.42. The van der Waals surface area contributed by atoms with Crippen molar-refractivity contribution in [3.8, 4) is 5.88 Å². The second-order valence-electron chi connectivity index (χ2n) is 5.75. The molecule has 1 aliphatic heterocycles. The van der Waals surface area contributed by atoms with E-state index in [9.17, 15) is 4.79 Å². The lowest BCUT2D eigenvalue weighted by Gasteiger charge is -2.39. The minimum atomic E-state index is -0.458. The highest BCUT2D eigenvalue weighted by molar-refractivity contribution is 5.69. The number of carbonyl (C=O) groups is 1.